The summed E-state index contributed by atoms with van der Waals surface area (Å²) in [6.45, 7) is 1.15. The minimum absolute atomic E-state index is 0.187. The quantitative estimate of drug-likeness (QED) is 0.208. The molecule has 0 radical (unpaired) electrons. The number of aromatic nitrogens is 3. The van der Waals surface area contributed by atoms with E-state index in [1.54, 1.807) is 42.9 Å². The topological polar surface area (TPSA) is 160 Å². The molecule has 9 nitrogen and oxygen atoms in total. The number of fused-ring (bicyclic) bond motifs is 1. The minimum Gasteiger partial charge on any atom is -0.479 e. The zero-order valence-electron chi connectivity index (χ0n) is 19.6. The number of hydrogen-bond donors (Lipinski definition) is 5. The molecule has 0 bridgehead atoms. The lowest BCUT2D eigenvalue weighted by Crippen LogP contribution is -2.66. The van der Waals surface area contributed by atoms with Crippen molar-refractivity contribution in [2.75, 3.05) is 0 Å². The number of Topliss-reactive ketones (excluding diaryl/α,β-unsaturated/α-hetero) is 1. The van der Waals surface area contributed by atoms with Crippen molar-refractivity contribution >= 4 is 11.8 Å². The van der Waals surface area contributed by atoms with E-state index in [-0.39, 0.29) is 11.5 Å². The molecule has 1 aliphatic carbocycles. The second kappa shape index (κ2) is 10.9. The van der Waals surface area contributed by atoms with Crippen LogP contribution in [0.4, 0.5) is 0 Å². The van der Waals surface area contributed by atoms with Gasteiger partial charge in [0.1, 0.15) is 5.82 Å². The number of aryl methyl sites for hydroxylation is 1. The smallest absolute Gasteiger partial charge is 0.333 e. The highest BCUT2D eigenvalue weighted by Gasteiger charge is 2.48. The summed E-state index contributed by atoms with van der Waals surface area (Å²) in [5, 5.41) is 13.2. The van der Waals surface area contributed by atoms with E-state index in [9.17, 15) is 14.7 Å². The third-order valence-corrected chi connectivity index (χ3v) is 6.84. The van der Waals surface area contributed by atoms with Gasteiger partial charge in [-0.25, -0.2) is 9.78 Å². The normalized spacial score (nSPS) is 17.8. The average Bonchev–Trinajstić information content (AvgIpc) is 3.40. The first-order valence-electron chi connectivity index (χ1n) is 11.9. The zero-order valence-corrected chi connectivity index (χ0v) is 19.6. The molecule has 0 amide bonds. The lowest BCUT2D eigenvalue weighted by Gasteiger charge is -2.31. The fourth-order valence-corrected chi connectivity index (χ4v) is 4.75. The lowest BCUT2D eigenvalue weighted by atomic mass is 9.78. The summed E-state index contributed by atoms with van der Waals surface area (Å²) >= 11 is 0. The van der Waals surface area contributed by atoms with E-state index in [4.69, 9.17) is 11.5 Å². The van der Waals surface area contributed by atoms with Crippen molar-refractivity contribution in [1.29, 1.82) is 0 Å². The van der Waals surface area contributed by atoms with Crippen molar-refractivity contribution in [2.24, 2.45) is 11.5 Å². The second-order valence-corrected chi connectivity index (χ2v) is 9.16. The highest BCUT2D eigenvalue weighted by molar-refractivity contribution is 6.16. The number of rotatable bonds is 11. The first kappa shape index (κ1) is 24.7. The van der Waals surface area contributed by atoms with Crippen molar-refractivity contribution in [3.05, 3.63) is 83.2 Å². The number of nitrogens with two attached hydrogens (primary N) is 2. The van der Waals surface area contributed by atoms with Crippen LogP contribution in [-0.4, -0.2) is 43.4 Å². The van der Waals surface area contributed by atoms with Gasteiger partial charge in [-0.2, -0.15) is 0 Å². The molecule has 1 aromatic carbocycles. The largest absolute Gasteiger partial charge is 0.479 e. The standard InChI is InChI=1S/C26H32N6O3/c27-21(11-10-19-4-1-3-18-5-2-12-32-23(18)19)26(28,25(34)35)24(33)20-8-6-17(7-9-20)15-29-16-22-30-13-14-31-22/h2,5-9,12-14,19,21,29H,1,3-4,10-11,15-16,27-28H2,(H,30,31)(H,34,35)/t19?,21?,26-/m1/s1. The van der Waals surface area contributed by atoms with Gasteiger partial charge in [-0.05, 0) is 49.3 Å². The number of carbonyl (C=O) groups excluding carboxylic acids is 1. The molecule has 4 rings (SSSR count). The predicted octanol–water partition coefficient (Wildman–Crippen LogP) is 2.29. The molecule has 0 spiro atoms. The summed E-state index contributed by atoms with van der Waals surface area (Å²) in [6, 6.07) is 9.74. The van der Waals surface area contributed by atoms with E-state index in [0.29, 0.717) is 25.9 Å². The van der Waals surface area contributed by atoms with Gasteiger partial charge in [0.2, 0.25) is 0 Å². The number of nitrogens with one attached hydrogen (secondary N) is 2. The molecule has 0 fully saturated rings. The van der Waals surface area contributed by atoms with Crippen molar-refractivity contribution < 1.29 is 14.7 Å². The zero-order chi connectivity index (χ0) is 24.8. The van der Waals surface area contributed by atoms with E-state index in [1.165, 1.54) is 5.56 Å². The molecule has 2 aromatic heterocycles. The summed E-state index contributed by atoms with van der Waals surface area (Å²) < 4.78 is 0. The molecule has 0 aliphatic heterocycles. The predicted molar refractivity (Wildman–Crippen MR) is 132 cm³/mol. The lowest BCUT2D eigenvalue weighted by molar-refractivity contribution is -0.142. The summed E-state index contributed by atoms with van der Waals surface area (Å²) in [6.07, 6.45) is 9.17. The number of carbonyl (C=O) groups is 2. The molecule has 2 unspecified atom stereocenters. The average molecular weight is 477 g/mol. The molecular formula is C26H32N6O3. The highest BCUT2D eigenvalue weighted by Crippen LogP contribution is 2.34. The maximum Gasteiger partial charge on any atom is 0.333 e. The van der Waals surface area contributed by atoms with Crippen LogP contribution >= 0.6 is 0 Å². The fraction of sp³-hybridized carbons (Fsp3) is 0.385. The van der Waals surface area contributed by atoms with Crippen molar-refractivity contribution in [1.82, 2.24) is 20.3 Å². The Morgan fingerprint density at radius 3 is 2.69 bits per heavy atom. The summed E-state index contributed by atoms with van der Waals surface area (Å²) in [5.41, 5.74) is 13.8. The van der Waals surface area contributed by atoms with Crippen LogP contribution in [0.3, 0.4) is 0 Å². The summed E-state index contributed by atoms with van der Waals surface area (Å²) in [7, 11) is 0. The van der Waals surface area contributed by atoms with Gasteiger partial charge < -0.3 is 26.9 Å². The van der Waals surface area contributed by atoms with Gasteiger partial charge in [0.15, 0.2) is 11.3 Å². The van der Waals surface area contributed by atoms with Gasteiger partial charge in [0.25, 0.3) is 0 Å². The number of benzene rings is 1. The van der Waals surface area contributed by atoms with Gasteiger partial charge >= 0.3 is 5.97 Å². The van der Waals surface area contributed by atoms with Crippen LogP contribution in [0.5, 0.6) is 0 Å². The molecule has 1 aliphatic rings. The van der Waals surface area contributed by atoms with Crippen molar-refractivity contribution in [2.45, 2.75) is 62.7 Å². The van der Waals surface area contributed by atoms with Crippen LogP contribution in [-0.2, 0) is 24.3 Å². The van der Waals surface area contributed by atoms with Gasteiger partial charge in [0, 0.05) is 48.4 Å². The molecule has 2 heterocycles. The maximum absolute atomic E-state index is 13.3. The molecule has 0 saturated heterocycles. The molecular weight excluding hydrogens is 444 g/mol. The number of ketones is 1. The Kier molecular flexibility index (Phi) is 7.70. The molecule has 0 saturated carbocycles. The fourth-order valence-electron chi connectivity index (χ4n) is 4.75. The van der Waals surface area contributed by atoms with Crippen LogP contribution < -0.4 is 16.8 Å². The van der Waals surface area contributed by atoms with Crippen molar-refractivity contribution in [3.8, 4) is 0 Å². The molecule has 35 heavy (non-hydrogen) atoms. The number of carboxylic acid groups (broad SMARTS) is 1. The van der Waals surface area contributed by atoms with E-state index >= 15 is 0 Å². The Balaban J connectivity index is 1.40. The van der Waals surface area contributed by atoms with Crippen LogP contribution in [0.1, 0.15) is 64.6 Å². The first-order chi connectivity index (χ1) is 16.9. The number of aromatic amines is 1. The Bertz CT molecular complexity index is 1150. The van der Waals surface area contributed by atoms with Gasteiger partial charge in [-0.1, -0.05) is 30.3 Å². The summed E-state index contributed by atoms with van der Waals surface area (Å²) in [4.78, 5) is 37.2. The number of imidazole rings is 1. The third kappa shape index (κ3) is 5.48. The number of hydrogen-bond acceptors (Lipinski definition) is 7. The van der Waals surface area contributed by atoms with Gasteiger partial charge in [0.05, 0.1) is 6.54 Å². The number of H-pyrrole nitrogens is 1. The Morgan fingerprint density at radius 2 is 1.97 bits per heavy atom. The molecule has 3 atom stereocenters. The van der Waals surface area contributed by atoms with Crippen LogP contribution in [0.2, 0.25) is 0 Å². The Morgan fingerprint density at radius 1 is 1.17 bits per heavy atom. The highest BCUT2D eigenvalue weighted by atomic mass is 16.4. The molecule has 9 heteroatoms. The minimum atomic E-state index is -2.21. The molecule has 7 N–H and O–H groups in total. The Labute approximate surface area is 204 Å². The number of nitrogens with zero attached hydrogens (tertiary/aromatic N) is 2. The van der Waals surface area contributed by atoms with E-state index in [2.05, 4.69) is 26.3 Å². The molecule has 3 aromatic rings. The number of carboxylic acids is 1. The van der Waals surface area contributed by atoms with Crippen molar-refractivity contribution in [3.63, 3.8) is 0 Å². The van der Waals surface area contributed by atoms with E-state index in [1.807, 2.05) is 6.07 Å². The van der Waals surface area contributed by atoms with E-state index < -0.39 is 23.3 Å². The Hall–Kier alpha value is -3.40. The van der Waals surface area contributed by atoms with Crippen LogP contribution in [0.15, 0.2) is 55.0 Å². The maximum atomic E-state index is 13.3. The summed E-state index contributed by atoms with van der Waals surface area (Å²) in [5.74, 6) is -1.09. The monoisotopic (exact) mass is 476 g/mol. The van der Waals surface area contributed by atoms with Gasteiger partial charge in [-0.15, -0.1) is 0 Å². The first-order valence-corrected chi connectivity index (χ1v) is 11.9. The van der Waals surface area contributed by atoms with Crippen LogP contribution in [0, 0.1) is 0 Å². The SMILES string of the molecule is NC(CCC1CCCc2cccnc21)[C@](N)(C(=O)O)C(=O)c1ccc(CNCc2ncc[nH]2)cc1. The van der Waals surface area contributed by atoms with E-state index in [0.717, 1.165) is 36.3 Å². The van der Waals surface area contributed by atoms with Crippen LogP contribution in [0.25, 0.3) is 0 Å². The van der Waals surface area contributed by atoms with Gasteiger partial charge in [-0.3, -0.25) is 9.78 Å². The third-order valence-electron chi connectivity index (χ3n) is 6.84. The molecule has 184 valence electrons. The second-order valence-electron chi connectivity index (χ2n) is 9.16. The number of aliphatic carboxylic acids is 1. The number of pyridine rings is 1.